The minimum Gasteiger partial charge on any atom is -0.409 e. The lowest BCUT2D eigenvalue weighted by Gasteiger charge is -2.54. The van der Waals surface area contributed by atoms with Crippen LogP contribution >= 0.6 is 0 Å². The third-order valence-electron chi connectivity index (χ3n) is 6.31. The molecule has 21 heavy (non-hydrogen) atoms. The van der Waals surface area contributed by atoms with E-state index in [1.807, 2.05) is 13.8 Å². The molecule has 0 radical (unpaired) electrons. The average Bonchev–Trinajstić information content (AvgIpc) is 2.45. The second-order valence-electron chi connectivity index (χ2n) is 7.62. The number of nitrogens with zero attached hydrogens (tertiary/aromatic N) is 1. The summed E-state index contributed by atoms with van der Waals surface area (Å²) in [6, 6.07) is 0. The summed E-state index contributed by atoms with van der Waals surface area (Å²) >= 11 is 0. The van der Waals surface area contributed by atoms with Crippen LogP contribution in [0.5, 0.6) is 0 Å². The number of nitrogens with two attached hydrogens (primary N) is 1. The maximum Gasteiger partial charge on any atom is 0.224 e. The minimum absolute atomic E-state index is 0.0853. The number of amides is 1. The summed E-state index contributed by atoms with van der Waals surface area (Å²) in [4.78, 5) is 12.8. The van der Waals surface area contributed by atoms with Crippen LogP contribution in [-0.4, -0.2) is 22.5 Å². The topological polar surface area (TPSA) is 87.7 Å². The van der Waals surface area contributed by atoms with Crippen LogP contribution in [0.25, 0.3) is 0 Å². The van der Waals surface area contributed by atoms with Gasteiger partial charge >= 0.3 is 0 Å². The Balaban J connectivity index is 1.74. The van der Waals surface area contributed by atoms with Crippen LogP contribution in [0.2, 0.25) is 0 Å². The molecule has 4 fully saturated rings. The first-order valence-corrected chi connectivity index (χ1v) is 8.26. The maximum atomic E-state index is 12.8. The summed E-state index contributed by atoms with van der Waals surface area (Å²) in [5.41, 5.74) is 5.02. The van der Waals surface area contributed by atoms with Gasteiger partial charge in [-0.25, -0.2) is 0 Å². The van der Waals surface area contributed by atoms with Gasteiger partial charge in [-0.2, -0.15) is 0 Å². The Morgan fingerprint density at radius 1 is 1.24 bits per heavy atom. The van der Waals surface area contributed by atoms with Gasteiger partial charge in [0.25, 0.3) is 0 Å². The zero-order valence-electron chi connectivity index (χ0n) is 13.0. The molecular formula is C16H27N3O2. The molecule has 4 rings (SSSR count). The molecule has 4 aliphatic carbocycles. The van der Waals surface area contributed by atoms with E-state index in [9.17, 15) is 4.79 Å². The molecule has 1 amide bonds. The van der Waals surface area contributed by atoms with Gasteiger partial charge in [0.15, 0.2) is 5.84 Å². The van der Waals surface area contributed by atoms with Crippen molar-refractivity contribution in [2.45, 2.75) is 57.9 Å². The lowest BCUT2D eigenvalue weighted by Crippen LogP contribution is -2.59. The van der Waals surface area contributed by atoms with Gasteiger partial charge in [0.2, 0.25) is 5.91 Å². The molecular weight excluding hydrogens is 266 g/mol. The largest absolute Gasteiger partial charge is 0.409 e. The van der Waals surface area contributed by atoms with Crippen molar-refractivity contribution in [2.24, 2.45) is 40.5 Å². The average molecular weight is 293 g/mol. The quantitative estimate of drug-likeness (QED) is 0.321. The first-order valence-electron chi connectivity index (χ1n) is 8.26. The van der Waals surface area contributed by atoms with Crippen LogP contribution in [0.3, 0.4) is 0 Å². The third kappa shape index (κ3) is 2.40. The van der Waals surface area contributed by atoms with Gasteiger partial charge in [0.05, 0.1) is 5.54 Å². The van der Waals surface area contributed by atoms with Gasteiger partial charge in [-0.05, 0) is 69.1 Å². The highest BCUT2D eigenvalue weighted by atomic mass is 16.4. The molecule has 1 atom stereocenters. The molecule has 0 aromatic heterocycles. The van der Waals surface area contributed by atoms with Gasteiger partial charge in [-0.15, -0.1) is 0 Å². The normalized spacial score (nSPS) is 40.9. The number of hydrogen-bond donors (Lipinski definition) is 3. The molecule has 5 nitrogen and oxygen atoms in total. The van der Waals surface area contributed by atoms with E-state index >= 15 is 0 Å². The predicted octanol–water partition coefficient (Wildman–Crippen LogP) is 2.09. The molecule has 0 aliphatic heterocycles. The highest BCUT2D eigenvalue weighted by molar-refractivity contribution is 5.94. The van der Waals surface area contributed by atoms with Crippen LogP contribution in [0.15, 0.2) is 5.16 Å². The second kappa shape index (κ2) is 5.18. The zero-order valence-corrected chi connectivity index (χ0v) is 13.0. The summed E-state index contributed by atoms with van der Waals surface area (Å²) in [6.45, 7) is 3.77. The van der Waals surface area contributed by atoms with E-state index in [4.69, 9.17) is 10.9 Å². The highest BCUT2D eigenvalue weighted by Gasteiger charge is 2.51. The molecule has 4 N–H and O–H groups in total. The third-order valence-corrected chi connectivity index (χ3v) is 6.31. The number of carbonyl (C=O) groups is 1. The van der Waals surface area contributed by atoms with Crippen LogP contribution in [0.1, 0.15) is 52.4 Å². The summed E-state index contributed by atoms with van der Waals surface area (Å²) in [5, 5.41) is 15.1. The highest BCUT2D eigenvalue weighted by Crippen LogP contribution is 2.56. The van der Waals surface area contributed by atoms with Gasteiger partial charge in [-0.1, -0.05) is 12.1 Å². The van der Waals surface area contributed by atoms with Crippen molar-refractivity contribution in [3.8, 4) is 0 Å². The molecule has 5 heteroatoms. The van der Waals surface area contributed by atoms with E-state index in [0.29, 0.717) is 18.3 Å². The number of carbonyl (C=O) groups excluding carboxylic acids is 1. The molecule has 0 heterocycles. The molecule has 0 aromatic carbocycles. The fourth-order valence-corrected chi connectivity index (χ4v) is 5.15. The SMILES string of the molecule is CCC(C)(NC(=O)C1C2CC3CC(C2)CC1C3)C(N)=NO. The molecule has 4 saturated carbocycles. The van der Waals surface area contributed by atoms with Gasteiger partial charge in [0.1, 0.15) is 0 Å². The number of rotatable bonds is 4. The number of nitrogens with one attached hydrogen (secondary N) is 1. The summed E-state index contributed by atoms with van der Waals surface area (Å²) < 4.78 is 0. The minimum atomic E-state index is -0.750. The van der Waals surface area contributed by atoms with Crippen molar-refractivity contribution in [1.29, 1.82) is 0 Å². The Hall–Kier alpha value is -1.26. The molecule has 0 spiro atoms. The van der Waals surface area contributed by atoms with Crippen molar-refractivity contribution < 1.29 is 10.0 Å². The van der Waals surface area contributed by atoms with Gasteiger partial charge < -0.3 is 16.3 Å². The van der Waals surface area contributed by atoms with E-state index < -0.39 is 5.54 Å². The van der Waals surface area contributed by atoms with Crippen LogP contribution in [0, 0.1) is 29.6 Å². The smallest absolute Gasteiger partial charge is 0.224 e. The van der Waals surface area contributed by atoms with E-state index in [-0.39, 0.29) is 17.7 Å². The Bertz CT molecular complexity index is 434. The standard InChI is InChI=1S/C16H27N3O2/c1-3-16(2,15(17)19-21)18-14(20)13-11-5-9-4-10(7-11)8-12(13)6-9/h9-13,21H,3-8H2,1-2H3,(H2,17,19)(H,18,20). The molecule has 0 saturated heterocycles. The van der Waals surface area contributed by atoms with Gasteiger partial charge in [0, 0.05) is 5.92 Å². The first kappa shape index (κ1) is 14.7. The van der Waals surface area contributed by atoms with Crippen LogP contribution < -0.4 is 11.1 Å². The van der Waals surface area contributed by atoms with Crippen LogP contribution in [-0.2, 0) is 4.79 Å². The maximum absolute atomic E-state index is 12.8. The fourth-order valence-electron chi connectivity index (χ4n) is 5.15. The fraction of sp³-hybridized carbons (Fsp3) is 0.875. The molecule has 4 aliphatic rings. The summed E-state index contributed by atoms with van der Waals surface area (Å²) in [6.07, 6.45) is 6.88. The predicted molar refractivity (Wildman–Crippen MR) is 80.8 cm³/mol. The molecule has 1 unspecified atom stereocenters. The van der Waals surface area contributed by atoms with Crippen molar-refractivity contribution in [3.63, 3.8) is 0 Å². The second-order valence-corrected chi connectivity index (χ2v) is 7.62. The van der Waals surface area contributed by atoms with Crippen molar-refractivity contribution in [3.05, 3.63) is 0 Å². The molecule has 118 valence electrons. The van der Waals surface area contributed by atoms with Crippen molar-refractivity contribution in [2.75, 3.05) is 0 Å². The first-order chi connectivity index (χ1) is 9.96. The Labute approximate surface area is 126 Å². The zero-order chi connectivity index (χ0) is 15.2. The van der Waals surface area contributed by atoms with Crippen LogP contribution in [0.4, 0.5) is 0 Å². The van der Waals surface area contributed by atoms with Crippen molar-refractivity contribution in [1.82, 2.24) is 5.32 Å². The molecule has 0 aromatic rings. The Morgan fingerprint density at radius 3 is 2.19 bits per heavy atom. The monoisotopic (exact) mass is 293 g/mol. The van der Waals surface area contributed by atoms with E-state index in [0.717, 1.165) is 11.8 Å². The number of amidine groups is 1. The van der Waals surface area contributed by atoms with E-state index in [2.05, 4.69) is 10.5 Å². The Morgan fingerprint density at radius 2 is 1.76 bits per heavy atom. The summed E-state index contributed by atoms with van der Waals surface area (Å²) in [5.74, 6) is 3.15. The Kier molecular flexibility index (Phi) is 3.62. The lowest BCUT2D eigenvalue weighted by molar-refractivity contribution is -0.139. The van der Waals surface area contributed by atoms with E-state index in [1.165, 1.54) is 32.1 Å². The summed E-state index contributed by atoms with van der Waals surface area (Å²) in [7, 11) is 0. The lowest BCUT2D eigenvalue weighted by atomic mass is 9.51. The van der Waals surface area contributed by atoms with Gasteiger partial charge in [-0.3, -0.25) is 4.79 Å². The molecule has 4 bridgehead atoms. The number of hydrogen-bond acceptors (Lipinski definition) is 3. The number of oxime groups is 1. The van der Waals surface area contributed by atoms with Crippen molar-refractivity contribution >= 4 is 11.7 Å². The van der Waals surface area contributed by atoms with E-state index in [1.54, 1.807) is 0 Å².